The molecule has 0 saturated heterocycles. The van der Waals surface area contributed by atoms with E-state index in [9.17, 15) is 14.4 Å². The van der Waals surface area contributed by atoms with Gasteiger partial charge >= 0.3 is 18.2 Å². The third-order valence-electron chi connectivity index (χ3n) is 3.58. The molecule has 0 unspecified atom stereocenters. The zero-order chi connectivity index (χ0) is 21.0. The highest BCUT2D eigenvalue weighted by Crippen LogP contribution is 2.07. The predicted octanol–water partition coefficient (Wildman–Crippen LogP) is 3.15. The van der Waals surface area contributed by atoms with Crippen molar-refractivity contribution < 1.29 is 28.6 Å². The number of amides is 2. The fraction of sp³-hybridized carbons (Fsp3) is 0.550. The molecule has 0 heterocycles. The number of hydrogen-bond acceptors (Lipinski definition) is 6. The van der Waals surface area contributed by atoms with Crippen LogP contribution in [0.5, 0.6) is 0 Å². The zero-order valence-electron chi connectivity index (χ0n) is 16.9. The topological polar surface area (TPSA) is 103 Å². The number of carbonyl (C=O) groups is 3. The number of esters is 1. The Morgan fingerprint density at radius 1 is 1.04 bits per heavy atom. The molecule has 0 aliphatic heterocycles. The Labute approximate surface area is 165 Å². The SMILES string of the molecule is COC(=O)[C@H](CCCCNC(=O)OC(C)(C)C)NC(=O)OCc1ccccc1. The van der Waals surface area contributed by atoms with Crippen molar-refractivity contribution in [1.82, 2.24) is 10.6 Å². The summed E-state index contributed by atoms with van der Waals surface area (Å²) < 4.78 is 15.0. The lowest BCUT2D eigenvalue weighted by molar-refractivity contribution is -0.143. The average molecular weight is 394 g/mol. The number of methoxy groups -OCH3 is 1. The van der Waals surface area contributed by atoms with Crippen LogP contribution < -0.4 is 10.6 Å². The van der Waals surface area contributed by atoms with Gasteiger partial charge in [0, 0.05) is 6.54 Å². The molecule has 0 fully saturated rings. The number of unbranched alkanes of at least 4 members (excludes halogenated alkanes) is 1. The van der Waals surface area contributed by atoms with Crippen LogP contribution in [0.3, 0.4) is 0 Å². The number of rotatable bonds is 9. The second kappa shape index (κ2) is 11.8. The second-order valence-corrected chi connectivity index (χ2v) is 7.21. The summed E-state index contributed by atoms with van der Waals surface area (Å²) >= 11 is 0. The first-order chi connectivity index (χ1) is 13.2. The molecule has 8 nitrogen and oxygen atoms in total. The summed E-state index contributed by atoms with van der Waals surface area (Å²) in [5, 5.41) is 5.17. The maximum Gasteiger partial charge on any atom is 0.408 e. The minimum atomic E-state index is -0.810. The fourth-order valence-electron chi connectivity index (χ4n) is 2.28. The molecule has 0 spiro atoms. The molecule has 0 radical (unpaired) electrons. The van der Waals surface area contributed by atoms with E-state index in [1.54, 1.807) is 20.8 Å². The number of nitrogens with one attached hydrogen (secondary N) is 2. The Morgan fingerprint density at radius 3 is 2.32 bits per heavy atom. The highest BCUT2D eigenvalue weighted by molar-refractivity contribution is 5.81. The van der Waals surface area contributed by atoms with E-state index in [0.29, 0.717) is 25.8 Å². The lowest BCUT2D eigenvalue weighted by Gasteiger charge is -2.20. The summed E-state index contributed by atoms with van der Waals surface area (Å²) in [6, 6.07) is 8.42. The fourth-order valence-corrected chi connectivity index (χ4v) is 2.28. The Bertz CT molecular complexity index is 627. The molecule has 0 aromatic heterocycles. The lowest BCUT2D eigenvalue weighted by atomic mass is 10.1. The molecule has 8 heteroatoms. The molecular weight excluding hydrogens is 364 g/mol. The third kappa shape index (κ3) is 10.4. The van der Waals surface area contributed by atoms with E-state index in [1.165, 1.54) is 7.11 Å². The summed E-state index contributed by atoms with van der Waals surface area (Å²) in [6.45, 7) is 5.88. The molecule has 0 aliphatic rings. The standard InChI is InChI=1S/C20H30N2O6/c1-20(2,3)28-18(24)21-13-9-8-12-16(17(23)26-4)22-19(25)27-14-15-10-6-5-7-11-15/h5-7,10-11,16H,8-9,12-14H2,1-4H3,(H,21,24)(H,22,25)/t16-/m0/s1. The quantitative estimate of drug-likeness (QED) is 0.379. The maximum absolute atomic E-state index is 11.9. The molecule has 156 valence electrons. The molecule has 1 aromatic carbocycles. The first-order valence-electron chi connectivity index (χ1n) is 9.23. The molecule has 1 atom stereocenters. The van der Waals surface area contributed by atoms with Gasteiger partial charge in [-0.05, 0) is 45.6 Å². The number of benzene rings is 1. The van der Waals surface area contributed by atoms with Gasteiger partial charge in [0.05, 0.1) is 7.11 Å². The monoisotopic (exact) mass is 394 g/mol. The smallest absolute Gasteiger partial charge is 0.408 e. The van der Waals surface area contributed by atoms with Gasteiger partial charge in [-0.15, -0.1) is 0 Å². The second-order valence-electron chi connectivity index (χ2n) is 7.21. The highest BCUT2D eigenvalue weighted by Gasteiger charge is 2.22. The predicted molar refractivity (Wildman–Crippen MR) is 104 cm³/mol. The molecular formula is C20H30N2O6. The van der Waals surface area contributed by atoms with Crippen molar-refractivity contribution in [3.63, 3.8) is 0 Å². The summed E-state index contributed by atoms with van der Waals surface area (Å²) in [5.41, 5.74) is 0.296. The maximum atomic E-state index is 11.9. The molecule has 0 saturated carbocycles. The largest absolute Gasteiger partial charge is 0.467 e. The number of ether oxygens (including phenoxy) is 3. The molecule has 2 amide bonds. The van der Waals surface area contributed by atoms with E-state index >= 15 is 0 Å². The summed E-state index contributed by atoms with van der Waals surface area (Å²) in [6.07, 6.45) is 0.399. The molecule has 0 bridgehead atoms. The Hall–Kier alpha value is -2.77. The van der Waals surface area contributed by atoms with E-state index in [0.717, 1.165) is 5.56 Å². The van der Waals surface area contributed by atoms with Crippen LogP contribution in [0.15, 0.2) is 30.3 Å². The van der Waals surface area contributed by atoms with Crippen molar-refractivity contribution in [2.24, 2.45) is 0 Å². The van der Waals surface area contributed by atoms with E-state index in [4.69, 9.17) is 14.2 Å². The van der Waals surface area contributed by atoms with Gasteiger partial charge in [-0.2, -0.15) is 0 Å². The summed E-state index contributed by atoms with van der Waals surface area (Å²) in [4.78, 5) is 35.4. The van der Waals surface area contributed by atoms with Gasteiger partial charge < -0.3 is 24.8 Å². The number of carbonyl (C=O) groups excluding carboxylic acids is 3. The highest BCUT2D eigenvalue weighted by atomic mass is 16.6. The lowest BCUT2D eigenvalue weighted by Crippen LogP contribution is -2.41. The normalized spacial score (nSPS) is 11.9. The Morgan fingerprint density at radius 2 is 1.71 bits per heavy atom. The van der Waals surface area contributed by atoms with Gasteiger partial charge in [0.15, 0.2) is 0 Å². The van der Waals surface area contributed by atoms with E-state index < -0.39 is 29.8 Å². The summed E-state index contributed by atoms with van der Waals surface area (Å²) in [5.74, 6) is -0.545. The van der Waals surface area contributed by atoms with Crippen molar-refractivity contribution in [2.45, 2.75) is 58.3 Å². The van der Waals surface area contributed by atoms with Gasteiger partial charge in [-0.25, -0.2) is 14.4 Å². The van der Waals surface area contributed by atoms with Crippen LogP contribution >= 0.6 is 0 Å². The average Bonchev–Trinajstić information content (AvgIpc) is 2.64. The van der Waals surface area contributed by atoms with Crippen LogP contribution in [0.4, 0.5) is 9.59 Å². The third-order valence-corrected chi connectivity index (χ3v) is 3.58. The van der Waals surface area contributed by atoms with Crippen LogP contribution in [0.2, 0.25) is 0 Å². The first kappa shape index (κ1) is 23.3. The zero-order valence-corrected chi connectivity index (χ0v) is 16.9. The molecule has 28 heavy (non-hydrogen) atoms. The Balaban J connectivity index is 2.33. The first-order valence-corrected chi connectivity index (χ1v) is 9.23. The molecule has 2 N–H and O–H groups in total. The number of hydrogen-bond donors (Lipinski definition) is 2. The molecule has 1 aromatic rings. The number of alkyl carbamates (subject to hydrolysis) is 2. The van der Waals surface area contributed by atoms with Crippen LogP contribution in [-0.4, -0.2) is 43.5 Å². The van der Waals surface area contributed by atoms with Crippen LogP contribution in [0.1, 0.15) is 45.6 Å². The van der Waals surface area contributed by atoms with Gasteiger partial charge in [-0.1, -0.05) is 30.3 Å². The van der Waals surface area contributed by atoms with Crippen LogP contribution in [0.25, 0.3) is 0 Å². The van der Waals surface area contributed by atoms with Crippen molar-refractivity contribution in [1.29, 1.82) is 0 Å². The van der Waals surface area contributed by atoms with Gasteiger partial charge in [0.25, 0.3) is 0 Å². The van der Waals surface area contributed by atoms with Crippen LogP contribution in [-0.2, 0) is 25.6 Å². The van der Waals surface area contributed by atoms with Gasteiger partial charge in [0.2, 0.25) is 0 Å². The minimum absolute atomic E-state index is 0.111. The van der Waals surface area contributed by atoms with Crippen molar-refractivity contribution in [3.8, 4) is 0 Å². The van der Waals surface area contributed by atoms with Crippen molar-refractivity contribution >= 4 is 18.2 Å². The van der Waals surface area contributed by atoms with Crippen molar-refractivity contribution in [3.05, 3.63) is 35.9 Å². The van der Waals surface area contributed by atoms with Gasteiger partial charge in [-0.3, -0.25) is 0 Å². The minimum Gasteiger partial charge on any atom is -0.467 e. The van der Waals surface area contributed by atoms with E-state index in [1.807, 2.05) is 30.3 Å². The van der Waals surface area contributed by atoms with Crippen LogP contribution in [0, 0.1) is 0 Å². The van der Waals surface area contributed by atoms with E-state index in [2.05, 4.69) is 10.6 Å². The van der Waals surface area contributed by atoms with Gasteiger partial charge in [0.1, 0.15) is 18.2 Å². The Kier molecular flexibility index (Phi) is 9.84. The van der Waals surface area contributed by atoms with Crippen molar-refractivity contribution in [2.75, 3.05) is 13.7 Å². The molecule has 0 aliphatic carbocycles. The molecule has 1 rings (SSSR count). The summed E-state index contributed by atoms with van der Waals surface area (Å²) in [7, 11) is 1.26. The van der Waals surface area contributed by atoms with E-state index in [-0.39, 0.29) is 6.61 Å².